The van der Waals surface area contributed by atoms with E-state index in [-0.39, 0.29) is 11.3 Å². The molecule has 3 aromatic rings. The van der Waals surface area contributed by atoms with E-state index < -0.39 is 22.8 Å². The van der Waals surface area contributed by atoms with Gasteiger partial charge in [0.2, 0.25) is 5.91 Å². The van der Waals surface area contributed by atoms with Crippen molar-refractivity contribution in [3.63, 3.8) is 0 Å². The lowest BCUT2D eigenvalue weighted by molar-refractivity contribution is -0.384. The minimum absolute atomic E-state index is 0.113. The summed E-state index contributed by atoms with van der Waals surface area (Å²) in [6, 6.07) is 11.7. The van der Waals surface area contributed by atoms with Crippen molar-refractivity contribution in [3.05, 3.63) is 74.6 Å². The Kier molecular flexibility index (Phi) is 5.99. The molecule has 0 fully saturated rings. The first-order chi connectivity index (χ1) is 13.8. The van der Waals surface area contributed by atoms with E-state index in [0.717, 1.165) is 16.3 Å². The van der Waals surface area contributed by atoms with Crippen molar-refractivity contribution in [3.8, 4) is 11.3 Å². The molecule has 0 aliphatic rings. The second-order valence-corrected chi connectivity index (χ2v) is 7.38. The fourth-order valence-electron chi connectivity index (χ4n) is 2.58. The van der Waals surface area contributed by atoms with Crippen LogP contribution in [0.3, 0.4) is 0 Å². The first-order valence-electron chi connectivity index (χ1n) is 8.72. The summed E-state index contributed by atoms with van der Waals surface area (Å²) in [5.74, 6) is -0.966. The van der Waals surface area contributed by atoms with E-state index in [1.807, 2.05) is 24.4 Å². The average Bonchev–Trinajstić information content (AvgIpc) is 3.14. The fraction of sp³-hybridized carbons (Fsp3) is 0.150. The van der Waals surface area contributed by atoms with E-state index in [4.69, 9.17) is 0 Å². The van der Waals surface area contributed by atoms with Crippen molar-refractivity contribution in [2.75, 3.05) is 5.32 Å². The molecule has 9 heteroatoms. The van der Waals surface area contributed by atoms with E-state index in [1.54, 1.807) is 23.5 Å². The van der Waals surface area contributed by atoms with Crippen LogP contribution in [-0.2, 0) is 4.79 Å². The number of non-ortho nitro benzene ring substituents is 1. The Balaban J connectivity index is 1.61. The highest BCUT2D eigenvalue weighted by atomic mass is 32.1. The summed E-state index contributed by atoms with van der Waals surface area (Å²) < 4.78 is 0. The number of carbonyl (C=O) groups is 2. The molecular formula is C20H18N4O4S. The Labute approximate surface area is 170 Å². The number of nitrogens with one attached hydrogen (secondary N) is 2. The number of thiazole rings is 1. The molecule has 8 nitrogen and oxygen atoms in total. The number of benzene rings is 2. The van der Waals surface area contributed by atoms with Gasteiger partial charge in [-0.25, -0.2) is 4.98 Å². The summed E-state index contributed by atoms with van der Waals surface area (Å²) in [6.45, 7) is 3.48. The summed E-state index contributed by atoms with van der Waals surface area (Å²) in [5.41, 5.74) is 2.33. The normalized spacial score (nSPS) is 11.5. The minimum Gasteiger partial charge on any atom is -0.341 e. The summed E-state index contributed by atoms with van der Waals surface area (Å²) in [4.78, 5) is 39.3. The topological polar surface area (TPSA) is 114 Å². The van der Waals surface area contributed by atoms with Crippen molar-refractivity contribution in [1.82, 2.24) is 10.3 Å². The second kappa shape index (κ2) is 8.61. The van der Waals surface area contributed by atoms with Crippen LogP contribution in [0, 0.1) is 17.0 Å². The van der Waals surface area contributed by atoms with E-state index in [2.05, 4.69) is 15.6 Å². The molecule has 3 rings (SSSR count). The van der Waals surface area contributed by atoms with Gasteiger partial charge in [0.1, 0.15) is 6.04 Å². The van der Waals surface area contributed by atoms with E-state index in [0.29, 0.717) is 5.69 Å². The maximum absolute atomic E-state index is 12.4. The molecule has 2 N–H and O–H groups in total. The van der Waals surface area contributed by atoms with Gasteiger partial charge in [-0.3, -0.25) is 19.7 Å². The number of carbonyl (C=O) groups excluding carboxylic acids is 2. The van der Waals surface area contributed by atoms with Crippen LogP contribution in [0.5, 0.6) is 0 Å². The molecule has 0 saturated heterocycles. The third kappa shape index (κ3) is 5.02. The second-order valence-electron chi connectivity index (χ2n) is 6.32. The number of nitro benzene ring substituents is 1. The molecule has 0 aliphatic carbocycles. The Hall–Kier alpha value is -3.59. The van der Waals surface area contributed by atoms with Crippen molar-refractivity contribution in [2.45, 2.75) is 19.9 Å². The number of nitrogens with zero attached hydrogens (tertiary/aromatic N) is 2. The van der Waals surface area contributed by atoms with Crippen molar-refractivity contribution in [2.24, 2.45) is 0 Å². The predicted octanol–water partition coefficient (Wildman–Crippen LogP) is 3.78. The summed E-state index contributed by atoms with van der Waals surface area (Å²) >= 11 is 1.57. The molecule has 0 aliphatic heterocycles. The number of hydrogen-bond donors (Lipinski definition) is 2. The lowest BCUT2D eigenvalue weighted by atomic mass is 10.1. The molecule has 1 atom stereocenters. The average molecular weight is 410 g/mol. The maximum Gasteiger partial charge on any atom is 0.270 e. The van der Waals surface area contributed by atoms with Crippen molar-refractivity contribution in [1.29, 1.82) is 0 Å². The van der Waals surface area contributed by atoms with Crippen LogP contribution in [0.15, 0.2) is 53.9 Å². The monoisotopic (exact) mass is 410 g/mol. The van der Waals surface area contributed by atoms with Crippen LogP contribution < -0.4 is 10.6 Å². The third-order valence-corrected chi connectivity index (χ3v) is 4.90. The quantitative estimate of drug-likeness (QED) is 0.474. The first kappa shape index (κ1) is 20.2. The predicted molar refractivity (Wildman–Crippen MR) is 111 cm³/mol. The lowest BCUT2D eigenvalue weighted by Gasteiger charge is -2.14. The van der Waals surface area contributed by atoms with Gasteiger partial charge in [-0.15, -0.1) is 11.3 Å². The highest BCUT2D eigenvalue weighted by Crippen LogP contribution is 2.23. The van der Waals surface area contributed by atoms with Crippen LogP contribution in [0.2, 0.25) is 0 Å². The number of amides is 2. The van der Waals surface area contributed by atoms with Gasteiger partial charge in [0, 0.05) is 34.3 Å². The Morgan fingerprint density at radius 1 is 1.17 bits per heavy atom. The zero-order chi connectivity index (χ0) is 21.0. The maximum atomic E-state index is 12.4. The van der Waals surface area contributed by atoms with Crippen LogP contribution in [0.4, 0.5) is 11.4 Å². The first-order valence-corrected chi connectivity index (χ1v) is 9.60. The molecule has 0 radical (unpaired) electrons. The molecule has 2 aromatic carbocycles. The molecule has 2 amide bonds. The number of rotatable bonds is 6. The number of aryl methyl sites for hydroxylation is 1. The SMILES string of the molecule is Cc1nc(-c2ccc(NC(=O)[C@H](C)NC(=O)c3cccc([N+](=O)[O-])c3)cc2)cs1. The number of hydrogen-bond acceptors (Lipinski definition) is 6. The molecule has 148 valence electrons. The van der Waals surface area contributed by atoms with Crippen LogP contribution in [0.1, 0.15) is 22.3 Å². The van der Waals surface area contributed by atoms with Crippen molar-refractivity contribution >= 4 is 34.5 Å². The van der Waals surface area contributed by atoms with Gasteiger partial charge in [-0.1, -0.05) is 18.2 Å². The standard InChI is InChI=1S/C20H18N4O4S/c1-12(21-20(26)15-4-3-5-17(10-15)24(27)28)19(25)23-16-8-6-14(7-9-16)18-11-29-13(2)22-18/h3-12H,1-2H3,(H,21,26)(H,23,25)/t12-/m0/s1. The summed E-state index contributed by atoms with van der Waals surface area (Å²) in [5, 5.41) is 19.0. The van der Waals surface area contributed by atoms with E-state index >= 15 is 0 Å². The zero-order valence-electron chi connectivity index (χ0n) is 15.7. The van der Waals surface area contributed by atoms with Crippen LogP contribution >= 0.6 is 11.3 Å². The minimum atomic E-state index is -0.831. The zero-order valence-corrected chi connectivity index (χ0v) is 16.5. The molecule has 1 heterocycles. The van der Waals surface area contributed by atoms with Crippen molar-refractivity contribution < 1.29 is 14.5 Å². The summed E-state index contributed by atoms with van der Waals surface area (Å²) in [6.07, 6.45) is 0. The third-order valence-electron chi connectivity index (χ3n) is 4.13. The van der Waals surface area contributed by atoms with E-state index in [1.165, 1.54) is 31.2 Å². The Morgan fingerprint density at radius 3 is 2.52 bits per heavy atom. The Morgan fingerprint density at radius 2 is 1.90 bits per heavy atom. The highest BCUT2D eigenvalue weighted by molar-refractivity contribution is 7.09. The largest absolute Gasteiger partial charge is 0.341 e. The number of aromatic nitrogens is 1. The van der Waals surface area contributed by atoms with Gasteiger partial charge in [0.25, 0.3) is 11.6 Å². The molecule has 0 spiro atoms. The van der Waals surface area contributed by atoms with Gasteiger partial charge in [-0.2, -0.15) is 0 Å². The number of nitro groups is 1. The molecule has 0 bridgehead atoms. The van der Waals surface area contributed by atoms with Gasteiger partial charge in [-0.05, 0) is 32.0 Å². The molecule has 29 heavy (non-hydrogen) atoms. The fourth-order valence-corrected chi connectivity index (χ4v) is 3.20. The highest BCUT2D eigenvalue weighted by Gasteiger charge is 2.18. The Bertz CT molecular complexity index is 1060. The molecule has 1 aromatic heterocycles. The molecular weight excluding hydrogens is 392 g/mol. The lowest BCUT2D eigenvalue weighted by Crippen LogP contribution is -2.41. The summed E-state index contributed by atoms with van der Waals surface area (Å²) in [7, 11) is 0. The molecule has 0 unspecified atom stereocenters. The van der Waals surface area contributed by atoms with Gasteiger partial charge in [0.05, 0.1) is 15.6 Å². The van der Waals surface area contributed by atoms with Gasteiger partial charge >= 0.3 is 0 Å². The van der Waals surface area contributed by atoms with Gasteiger partial charge < -0.3 is 10.6 Å². The van der Waals surface area contributed by atoms with Crippen LogP contribution in [0.25, 0.3) is 11.3 Å². The van der Waals surface area contributed by atoms with Gasteiger partial charge in [0.15, 0.2) is 0 Å². The van der Waals surface area contributed by atoms with E-state index in [9.17, 15) is 19.7 Å². The number of anilines is 1. The smallest absolute Gasteiger partial charge is 0.270 e. The molecule has 0 saturated carbocycles. The van der Waals surface area contributed by atoms with Crippen LogP contribution in [-0.4, -0.2) is 27.8 Å².